The number of hydrogen-bond acceptors (Lipinski definition) is 2. The molecule has 1 fully saturated rings. The SMILES string of the molecule is CC(=O)C1C[CH]NCC1. The van der Waals surface area contributed by atoms with Gasteiger partial charge in [0.1, 0.15) is 5.78 Å². The van der Waals surface area contributed by atoms with Crippen LogP contribution in [0.1, 0.15) is 19.8 Å². The van der Waals surface area contributed by atoms with Gasteiger partial charge >= 0.3 is 0 Å². The van der Waals surface area contributed by atoms with E-state index in [-0.39, 0.29) is 0 Å². The molecule has 1 aliphatic heterocycles. The summed E-state index contributed by atoms with van der Waals surface area (Å²) >= 11 is 0. The molecule has 1 rings (SSSR count). The lowest BCUT2D eigenvalue weighted by Gasteiger charge is -2.18. The highest BCUT2D eigenvalue weighted by Crippen LogP contribution is 2.13. The largest absolute Gasteiger partial charge is 0.312 e. The zero-order valence-corrected chi connectivity index (χ0v) is 5.68. The fourth-order valence-electron chi connectivity index (χ4n) is 1.07. The Labute approximate surface area is 55.6 Å². The molecule has 0 aromatic heterocycles. The minimum Gasteiger partial charge on any atom is -0.312 e. The summed E-state index contributed by atoms with van der Waals surface area (Å²) < 4.78 is 0. The number of piperidine rings is 1. The Hall–Kier alpha value is -0.370. The van der Waals surface area contributed by atoms with E-state index in [9.17, 15) is 4.79 Å². The molecule has 0 spiro atoms. The Balaban J connectivity index is 2.31. The highest BCUT2D eigenvalue weighted by atomic mass is 16.1. The maximum absolute atomic E-state index is 10.8. The second-order valence-corrected chi connectivity index (χ2v) is 2.49. The van der Waals surface area contributed by atoms with Gasteiger partial charge in [-0.25, -0.2) is 0 Å². The lowest BCUT2D eigenvalue weighted by Crippen LogP contribution is -2.27. The van der Waals surface area contributed by atoms with Crippen molar-refractivity contribution in [1.82, 2.24) is 5.32 Å². The number of carbonyl (C=O) groups excluding carboxylic acids is 1. The van der Waals surface area contributed by atoms with E-state index in [0.29, 0.717) is 11.7 Å². The summed E-state index contributed by atoms with van der Waals surface area (Å²) in [6.07, 6.45) is 1.92. The quantitative estimate of drug-likeness (QED) is 0.561. The Kier molecular flexibility index (Phi) is 2.22. The molecule has 1 N–H and O–H groups in total. The standard InChI is InChI=1S/C7H12NO/c1-6(9)7-2-4-8-5-3-7/h4,7-8H,2-3,5H2,1H3. The first-order chi connectivity index (χ1) is 4.30. The number of Topliss-reactive ketones (excluding diaryl/α,β-unsaturated/α-hetero) is 1. The van der Waals surface area contributed by atoms with E-state index in [1.165, 1.54) is 0 Å². The number of carbonyl (C=O) groups is 1. The molecule has 0 aromatic rings. The van der Waals surface area contributed by atoms with Crippen LogP contribution in [0.4, 0.5) is 0 Å². The van der Waals surface area contributed by atoms with E-state index in [1.807, 2.05) is 6.54 Å². The van der Waals surface area contributed by atoms with Gasteiger partial charge in [-0.3, -0.25) is 4.79 Å². The fourth-order valence-corrected chi connectivity index (χ4v) is 1.07. The Morgan fingerprint density at radius 2 is 2.56 bits per heavy atom. The molecule has 0 amide bonds. The van der Waals surface area contributed by atoms with E-state index in [1.54, 1.807) is 6.92 Å². The molecule has 1 atom stereocenters. The van der Waals surface area contributed by atoms with Crippen molar-refractivity contribution in [3.8, 4) is 0 Å². The molecule has 51 valence electrons. The zero-order valence-electron chi connectivity index (χ0n) is 5.68. The van der Waals surface area contributed by atoms with Gasteiger partial charge in [0.2, 0.25) is 0 Å². The van der Waals surface area contributed by atoms with Crippen molar-refractivity contribution < 1.29 is 4.79 Å². The molecular formula is C7H12NO. The number of nitrogens with one attached hydrogen (secondary N) is 1. The van der Waals surface area contributed by atoms with Crippen molar-refractivity contribution in [2.75, 3.05) is 6.54 Å². The van der Waals surface area contributed by atoms with Gasteiger partial charge in [-0.05, 0) is 26.3 Å². The predicted octanol–water partition coefficient (Wildman–Crippen LogP) is 0.737. The van der Waals surface area contributed by atoms with E-state index < -0.39 is 0 Å². The van der Waals surface area contributed by atoms with Crippen molar-refractivity contribution in [2.24, 2.45) is 5.92 Å². The Morgan fingerprint density at radius 1 is 1.78 bits per heavy atom. The molecule has 1 saturated heterocycles. The molecule has 1 heterocycles. The van der Waals surface area contributed by atoms with Crippen LogP contribution in [0.15, 0.2) is 0 Å². The molecule has 1 aliphatic rings. The highest BCUT2D eigenvalue weighted by Gasteiger charge is 2.16. The van der Waals surface area contributed by atoms with Gasteiger partial charge in [-0.1, -0.05) is 0 Å². The number of ketones is 1. The first-order valence-electron chi connectivity index (χ1n) is 3.36. The molecule has 0 aromatic carbocycles. The highest BCUT2D eigenvalue weighted by molar-refractivity contribution is 5.78. The maximum atomic E-state index is 10.8. The summed E-state index contributed by atoms with van der Waals surface area (Å²) in [4.78, 5) is 10.8. The average Bonchev–Trinajstić information content (AvgIpc) is 1.90. The van der Waals surface area contributed by atoms with Gasteiger partial charge in [0, 0.05) is 12.5 Å². The monoisotopic (exact) mass is 126 g/mol. The summed E-state index contributed by atoms with van der Waals surface area (Å²) in [5.41, 5.74) is 0. The van der Waals surface area contributed by atoms with Crippen LogP contribution in [0.25, 0.3) is 0 Å². The van der Waals surface area contributed by atoms with Gasteiger partial charge in [-0.2, -0.15) is 0 Å². The van der Waals surface area contributed by atoms with Crippen molar-refractivity contribution >= 4 is 5.78 Å². The van der Waals surface area contributed by atoms with Crippen LogP contribution in [0, 0.1) is 12.5 Å². The summed E-state index contributed by atoms with van der Waals surface area (Å²) in [7, 11) is 0. The van der Waals surface area contributed by atoms with Crippen LogP contribution in [0.2, 0.25) is 0 Å². The average molecular weight is 126 g/mol. The van der Waals surface area contributed by atoms with Gasteiger partial charge in [0.15, 0.2) is 0 Å². The van der Waals surface area contributed by atoms with Gasteiger partial charge in [-0.15, -0.1) is 0 Å². The molecular weight excluding hydrogens is 114 g/mol. The molecule has 0 aliphatic carbocycles. The maximum Gasteiger partial charge on any atom is 0.133 e. The van der Waals surface area contributed by atoms with Crippen molar-refractivity contribution in [3.63, 3.8) is 0 Å². The van der Waals surface area contributed by atoms with E-state index >= 15 is 0 Å². The zero-order chi connectivity index (χ0) is 6.69. The lowest BCUT2D eigenvalue weighted by molar-refractivity contribution is -0.121. The van der Waals surface area contributed by atoms with E-state index in [4.69, 9.17) is 0 Å². The third-order valence-corrected chi connectivity index (χ3v) is 1.76. The minimum atomic E-state index is 0.297. The third-order valence-electron chi connectivity index (χ3n) is 1.76. The van der Waals surface area contributed by atoms with Crippen LogP contribution in [-0.2, 0) is 4.79 Å². The second kappa shape index (κ2) is 2.97. The minimum absolute atomic E-state index is 0.297. The van der Waals surface area contributed by atoms with Gasteiger partial charge in [0.25, 0.3) is 0 Å². The second-order valence-electron chi connectivity index (χ2n) is 2.49. The van der Waals surface area contributed by atoms with Crippen molar-refractivity contribution in [2.45, 2.75) is 19.8 Å². The summed E-state index contributed by atoms with van der Waals surface area (Å²) in [5, 5.41) is 3.09. The van der Waals surface area contributed by atoms with Crippen LogP contribution in [0.3, 0.4) is 0 Å². The topological polar surface area (TPSA) is 29.1 Å². The molecule has 2 heteroatoms. The molecule has 1 radical (unpaired) electrons. The van der Waals surface area contributed by atoms with E-state index in [0.717, 1.165) is 19.4 Å². The number of rotatable bonds is 1. The first-order valence-corrected chi connectivity index (χ1v) is 3.36. The van der Waals surface area contributed by atoms with Crippen LogP contribution in [0.5, 0.6) is 0 Å². The normalized spacial score (nSPS) is 21.9. The molecule has 1 unspecified atom stereocenters. The molecule has 0 saturated carbocycles. The van der Waals surface area contributed by atoms with Crippen molar-refractivity contribution in [3.05, 3.63) is 6.54 Å². The van der Waals surface area contributed by atoms with Crippen LogP contribution < -0.4 is 5.32 Å². The molecule has 2 nitrogen and oxygen atoms in total. The predicted molar refractivity (Wildman–Crippen MR) is 35.7 cm³/mol. The van der Waals surface area contributed by atoms with E-state index in [2.05, 4.69) is 5.32 Å². The van der Waals surface area contributed by atoms with Crippen molar-refractivity contribution in [1.29, 1.82) is 0 Å². The van der Waals surface area contributed by atoms with Gasteiger partial charge in [0.05, 0.1) is 0 Å². The summed E-state index contributed by atoms with van der Waals surface area (Å²) in [5.74, 6) is 0.624. The third kappa shape index (κ3) is 1.79. The first kappa shape index (κ1) is 6.75. The van der Waals surface area contributed by atoms with Gasteiger partial charge < -0.3 is 5.32 Å². The summed E-state index contributed by atoms with van der Waals surface area (Å²) in [6.45, 7) is 4.61. The Morgan fingerprint density at radius 3 is 2.89 bits per heavy atom. The smallest absolute Gasteiger partial charge is 0.133 e. The molecule has 9 heavy (non-hydrogen) atoms. The number of hydrogen-bond donors (Lipinski definition) is 1. The summed E-state index contributed by atoms with van der Waals surface area (Å²) in [6, 6.07) is 0. The lowest BCUT2D eigenvalue weighted by atomic mass is 9.95. The van der Waals surface area contributed by atoms with Crippen LogP contribution in [-0.4, -0.2) is 12.3 Å². The Bertz CT molecular complexity index is 105. The van der Waals surface area contributed by atoms with Crippen LogP contribution >= 0.6 is 0 Å². The molecule has 0 bridgehead atoms. The fraction of sp³-hybridized carbons (Fsp3) is 0.714.